The molecule has 0 aliphatic carbocycles. The maximum absolute atomic E-state index is 12.4. The summed E-state index contributed by atoms with van der Waals surface area (Å²) in [7, 11) is 2.15. The summed E-state index contributed by atoms with van der Waals surface area (Å²) in [6, 6.07) is 10.9. The van der Waals surface area contributed by atoms with E-state index in [0.717, 1.165) is 43.0 Å². The minimum absolute atomic E-state index is 0.241. The zero-order valence-electron chi connectivity index (χ0n) is 16.4. The van der Waals surface area contributed by atoms with Gasteiger partial charge in [0.2, 0.25) is 0 Å². The van der Waals surface area contributed by atoms with Crippen molar-refractivity contribution in [1.82, 2.24) is 10.2 Å². The summed E-state index contributed by atoms with van der Waals surface area (Å²) in [6.07, 6.45) is 0. The van der Waals surface area contributed by atoms with Crippen LogP contribution in [0.4, 0.5) is 16.2 Å². The van der Waals surface area contributed by atoms with Gasteiger partial charge in [-0.05, 0) is 62.4 Å². The Morgan fingerprint density at radius 1 is 1.07 bits per heavy atom. The highest BCUT2D eigenvalue weighted by atomic mass is 35.5. The van der Waals surface area contributed by atoms with Crippen LogP contribution in [0.5, 0.6) is 0 Å². The molecule has 2 amide bonds. The van der Waals surface area contributed by atoms with E-state index in [0.29, 0.717) is 10.0 Å². The minimum atomic E-state index is -0.269. The van der Waals surface area contributed by atoms with Gasteiger partial charge in [0.15, 0.2) is 0 Å². The maximum Gasteiger partial charge on any atom is 0.319 e. The summed E-state index contributed by atoms with van der Waals surface area (Å²) in [5.74, 6) is 0. The molecule has 0 radical (unpaired) electrons. The van der Waals surface area contributed by atoms with Crippen LogP contribution in [-0.2, 0) is 0 Å². The lowest BCUT2D eigenvalue weighted by molar-refractivity contribution is 0.249. The van der Waals surface area contributed by atoms with Crippen molar-refractivity contribution in [2.45, 2.75) is 19.9 Å². The van der Waals surface area contributed by atoms with Crippen molar-refractivity contribution in [3.8, 4) is 0 Å². The molecule has 0 bridgehead atoms. The Morgan fingerprint density at radius 3 is 2.43 bits per heavy atom. The quantitative estimate of drug-likeness (QED) is 0.736. The molecule has 2 aromatic rings. The average Bonchev–Trinajstić information content (AvgIpc) is 2.64. The van der Waals surface area contributed by atoms with Gasteiger partial charge in [-0.1, -0.05) is 29.3 Å². The van der Waals surface area contributed by atoms with E-state index in [1.807, 2.05) is 26.0 Å². The zero-order valence-corrected chi connectivity index (χ0v) is 17.9. The fraction of sp³-hybridized carbons (Fsp3) is 0.381. The molecule has 3 rings (SSSR count). The lowest BCUT2D eigenvalue weighted by atomic mass is 10.1. The number of rotatable bonds is 4. The van der Waals surface area contributed by atoms with Crippen LogP contribution in [0.25, 0.3) is 0 Å². The van der Waals surface area contributed by atoms with E-state index in [4.69, 9.17) is 23.2 Å². The van der Waals surface area contributed by atoms with Crippen LogP contribution in [0.3, 0.4) is 0 Å². The van der Waals surface area contributed by atoms with Crippen molar-refractivity contribution < 1.29 is 4.79 Å². The third-order valence-corrected chi connectivity index (χ3v) is 5.67. The number of halogens is 2. The van der Waals surface area contributed by atoms with Gasteiger partial charge in [-0.15, -0.1) is 0 Å². The molecule has 2 aromatic carbocycles. The second kappa shape index (κ2) is 9.03. The van der Waals surface area contributed by atoms with E-state index < -0.39 is 0 Å². The SMILES string of the molecule is Cc1cc(N2CCN(C)CC2)ccc1NC(=O)N[C@H](C)c1ccc(Cl)cc1Cl. The number of piperazine rings is 1. The van der Waals surface area contributed by atoms with Crippen LogP contribution in [0.2, 0.25) is 10.0 Å². The number of carbonyl (C=O) groups excluding carboxylic acids is 1. The lowest BCUT2D eigenvalue weighted by Crippen LogP contribution is -2.44. The number of nitrogens with one attached hydrogen (secondary N) is 2. The molecule has 2 N–H and O–H groups in total. The fourth-order valence-electron chi connectivity index (χ4n) is 3.33. The van der Waals surface area contributed by atoms with E-state index in [1.54, 1.807) is 12.1 Å². The Labute approximate surface area is 176 Å². The molecule has 0 saturated carbocycles. The molecule has 7 heteroatoms. The summed E-state index contributed by atoms with van der Waals surface area (Å²) in [4.78, 5) is 17.1. The Balaban J connectivity index is 1.62. The smallest absolute Gasteiger partial charge is 0.319 e. The van der Waals surface area contributed by atoms with Gasteiger partial charge in [0, 0.05) is 47.6 Å². The highest BCUT2D eigenvalue weighted by Gasteiger charge is 2.16. The number of benzene rings is 2. The average molecular weight is 421 g/mol. The van der Waals surface area contributed by atoms with Gasteiger partial charge in [-0.25, -0.2) is 4.79 Å². The zero-order chi connectivity index (χ0) is 20.3. The van der Waals surface area contributed by atoms with Crippen LogP contribution in [0.15, 0.2) is 36.4 Å². The topological polar surface area (TPSA) is 47.6 Å². The fourth-order valence-corrected chi connectivity index (χ4v) is 3.91. The largest absolute Gasteiger partial charge is 0.369 e. The minimum Gasteiger partial charge on any atom is -0.369 e. The molecule has 0 unspecified atom stereocenters. The molecule has 0 aromatic heterocycles. The first-order valence-electron chi connectivity index (χ1n) is 9.40. The Bertz CT molecular complexity index is 850. The molecule has 28 heavy (non-hydrogen) atoms. The van der Waals surface area contributed by atoms with Gasteiger partial charge in [-0.3, -0.25) is 0 Å². The number of aryl methyl sites for hydroxylation is 1. The van der Waals surface area contributed by atoms with Crippen molar-refractivity contribution in [2.24, 2.45) is 0 Å². The predicted molar refractivity (Wildman–Crippen MR) is 118 cm³/mol. The second-order valence-electron chi connectivity index (χ2n) is 7.28. The highest BCUT2D eigenvalue weighted by Crippen LogP contribution is 2.27. The first-order valence-corrected chi connectivity index (χ1v) is 10.2. The number of hydrogen-bond donors (Lipinski definition) is 2. The van der Waals surface area contributed by atoms with E-state index in [-0.39, 0.29) is 12.1 Å². The van der Waals surface area contributed by atoms with Crippen LogP contribution < -0.4 is 15.5 Å². The third kappa shape index (κ3) is 5.10. The van der Waals surface area contributed by atoms with Gasteiger partial charge in [-0.2, -0.15) is 0 Å². The second-order valence-corrected chi connectivity index (χ2v) is 8.12. The van der Waals surface area contributed by atoms with Gasteiger partial charge in [0.25, 0.3) is 0 Å². The van der Waals surface area contributed by atoms with E-state index in [1.165, 1.54) is 5.69 Å². The standard InChI is InChI=1S/C21H26Cl2N4O/c1-14-12-17(27-10-8-26(3)9-11-27)5-7-20(14)25-21(28)24-15(2)18-6-4-16(22)13-19(18)23/h4-7,12-13,15H,8-11H2,1-3H3,(H2,24,25,28)/t15-/m1/s1. The highest BCUT2D eigenvalue weighted by molar-refractivity contribution is 6.35. The molecule has 1 saturated heterocycles. The summed E-state index contributed by atoms with van der Waals surface area (Å²) >= 11 is 12.2. The number of hydrogen-bond acceptors (Lipinski definition) is 3. The molecule has 1 aliphatic heterocycles. The first-order chi connectivity index (χ1) is 13.3. The predicted octanol–water partition coefficient (Wildman–Crippen LogP) is 4.94. The lowest BCUT2D eigenvalue weighted by Gasteiger charge is -2.34. The Morgan fingerprint density at radius 2 is 1.79 bits per heavy atom. The molecule has 1 heterocycles. The summed E-state index contributed by atoms with van der Waals surface area (Å²) < 4.78 is 0. The number of carbonyl (C=O) groups is 1. The van der Waals surface area contributed by atoms with Crippen molar-refractivity contribution >= 4 is 40.6 Å². The maximum atomic E-state index is 12.4. The van der Waals surface area contributed by atoms with Gasteiger partial charge in [0.1, 0.15) is 0 Å². The van der Waals surface area contributed by atoms with E-state index in [2.05, 4.69) is 39.6 Å². The molecule has 150 valence electrons. The molecule has 1 atom stereocenters. The number of likely N-dealkylation sites (N-methyl/N-ethyl adjacent to an activating group) is 1. The summed E-state index contributed by atoms with van der Waals surface area (Å²) in [5.41, 5.74) is 3.84. The van der Waals surface area contributed by atoms with E-state index >= 15 is 0 Å². The Kier molecular flexibility index (Phi) is 6.70. The van der Waals surface area contributed by atoms with Crippen molar-refractivity contribution in [1.29, 1.82) is 0 Å². The van der Waals surface area contributed by atoms with Crippen LogP contribution >= 0.6 is 23.2 Å². The van der Waals surface area contributed by atoms with Crippen molar-refractivity contribution in [3.05, 3.63) is 57.6 Å². The molecular formula is C21H26Cl2N4O. The first kappa shape index (κ1) is 20.8. The third-order valence-electron chi connectivity index (χ3n) is 5.10. The molecule has 1 aliphatic rings. The number of urea groups is 1. The van der Waals surface area contributed by atoms with Crippen LogP contribution in [0.1, 0.15) is 24.1 Å². The number of anilines is 2. The van der Waals surface area contributed by atoms with Gasteiger partial charge < -0.3 is 20.4 Å². The monoisotopic (exact) mass is 420 g/mol. The number of amides is 2. The number of nitrogens with zero attached hydrogens (tertiary/aromatic N) is 2. The molecule has 0 spiro atoms. The summed E-state index contributed by atoms with van der Waals surface area (Å²) in [5, 5.41) is 6.96. The Hall–Kier alpha value is -1.95. The van der Waals surface area contributed by atoms with Crippen LogP contribution in [-0.4, -0.2) is 44.2 Å². The molecule has 1 fully saturated rings. The van der Waals surface area contributed by atoms with E-state index in [9.17, 15) is 4.79 Å². The van der Waals surface area contributed by atoms with Crippen LogP contribution in [0, 0.1) is 6.92 Å². The van der Waals surface area contributed by atoms with Crippen molar-refractivity contribution in [3.63, 3.8) is 0 Å². The molecular weight excluding hydrogens is 395 g/mol. The molecule has 5 nitrogen and oxygen atoms in total. The van der Waals surface area contributed by atoms with Gasteiger partial charge >= 0.3 is 6.03 Å². The summed E-state index contributed by atoms with van der Waals surface area (Å²) in [6.45, 7) is 8.05. The van der Waals surface area contributed by atoms with Crippen molar-refractivity contribution in [2.75, 3.05) is 43.4 Å². The van der Waals surface area contributed by atoms with Gasteiger partial charge in [0.05, 0.1) is 6.04 Å². The normalized spacial score (nSPS) is 16.0.